The van der Waals surface area contributed by atoms with E-state index in [2.05, 4.69) is 194 Å². The molecule has 352 valence electrons. The molecule has 0 aliphatic heterocycles. The Morgan fingerprint density at radius 2 is 0.607 bits per heavy atom. The Morgan fingerprint density at radius 1 is 0.321 bits per heavy atom. The molecule has 56 heavy (non-hydrogen) atoms. The second-order valence-electron chi connectivity index (χ2n) is 22.0. The number of hydrogen-bond donors (Lipinski definition) is 0. The number of rotatable bonds is 18. The van der Waals surface area contributed by atoms with E-state index in [9.17, 15) is 0 Å². The third kappa shape index (κ3) is 117. The Morgan fingerprint density at radius 3 is 0.643 bits per heavy atom. The highest BCUT2D eigenvalue weighted by atomic mass is 14.1. The van der Waals surface area contributed by atoms with E-state index in [1.807, 2.05) is 0 Å². The van der Waals surface area contributed by atoms with Gasteiger partial charge in [0.25, 0.3) is 0 Å². The SMILES string of the molecule is CC(C)CC(C)C.CCCC(C)(C)C.CCCC(C)(C)C.CCCC(C)CC.CCCCC(C)C.CCCCC(C)C.CCC[C@H](C)CC.CC[C@H](C)C(C)C. The highest BCUT2D eigenvalue weighted by molar-refractivity contribution is 4.59. The van der Waals surface area contributed by atoms with Crippen LogP contribution in [0.2, 0.25) is 0 Å². The lowest BCUT2D eigenvalue weighted by atomic mass is 9.91. The summed E-state index contributed by atoms with van der Waals surface area (Å²) in [6.45, 7) is 63.4. The van der Waals surface area contributed by atoms with Gasteiger partial charge < -0.3 is 0 Å². The van der Waals surface area contributed by atoms with Crippen molar-refractivity contribution >= 4 is 0 Å². The molecule has 0 aromatic rings. The molecule has 0 radical (unpaired) electrons. The van der Waals surface area contributed by atoms with Crippen LogP contribution in [0.25, 0.3) is 0 Å². The quantitative estimate of drug-likeness (QED) is 0.130. The highest BCUT2D eigenvalue weighted by Gasteiger charge is 2.07. The van der Waals surface area contributed by atoms with Gasteiger partial charge in [0, 0.05) is 0 Å². The summed E-state index contributed by atoms with van der Waals surface area (Å²) in [6.07, 6.45) is 24.4. The van der Waals surface area contributed by atoms with E-state index in [1.165, 1.54) is 116 Å². The molecule has 0 rings (SSSR count). The molecule has 0 saturated carbocycles. The van der Waals surface area contributed by atoms with Crippen LogP contribution in [0, 0.1) is 58.2 Å². The van der Waals surface area contributed by atoms with Gasteiger partial charge in [-0.25, -0.2) is 0 Å². The zero-order chi connectivity index (χ0) is 46.3. The molecule has 0 heteroatoms. The molecule has 3 atom stereocenters. The van der Waals surface area contributed by atoms with Crippen LogP contribution in [0.5, 0.6) is 0 Å². The summed E-state index contributed by atoms with van der Waals surface area (Å²) in [5.41, 5.74) is 1.10. The van der Waals surface area contributed by atoms with Gasteiger partial charge in [0.15, 0.2) is 0 Å². The maximum absolute atomic E-state index is 2.31. The maximum Gasteiger partial charge on any atom is -0.0383 e. The molecule has 0 bridgehead atoms. The number of hydrogen-bond acceptors (Lipinski definition) is 0. The van der Waals surface area contributed by atoms with Gasteiger partial charge >= 0.3 is 0 Å². The van der Waals surface area contributed by atoms with Crippen molar-refractivity contribution in [1.82, 2.24) is 0 Å². The lowest BCUT2D eigenvalue weighted by Gasteiger charge is -2.15. The fraction of sp³-hybridized carbons (Fsp3) is 1.00. The average Bonchev–Trinajstić information content (AvgIpc) is 3.06. The first-order valence-electron chi connectivity index (χ1n) is 25.6. The van der Waals surface area contributed by atoms with Gasteiger partial charge in [0.1, 0.15) is 0 Å². The van der Waals surface area contributed by atoms with Crippen molar-refractivity contribution in [2.75, 3.05) is 0 Å². The summed E-state index contributed by atoms with van der Waals surface area (Å²) in [4.78, 5) is 0. The lowest BCUT2D eigenvalue weighted by Crippen LogP contribution is -2.02. The molecule has 0 amide bonds. The molecule has 0 aliphatic carbocycles. The van der Waals surface area contributed by atoms with E-state index in [0.29, 0.717) is 10.8 Å². The Bertz CT molecular complexity index is 547. The minimum atomic E-state index is 0.550. The highest BCUT2D eigenvalue weighted by Crippen LogP contribution is 2.20. The summed E-state index contributed by atoms with van der Waals surface area (Å²) in [7, 11) is 0. The molecule has 0 aliphatic rings. The first kappa shape index (κ1) is 73.5. The Labute approximate surface area is 366 Å². The normalized spacial score (nSPS) is 12.4. The van der Waals surface area contributed by atoms with Crippen molar-refractivity contribution in [1.29, 1.82) is 0 Å². The summed E-state index contributed by atoms with van der Waals surface area (Å²) in [5, 5.41) is 0. The Kier molecular flexibility index (Phi) is 72.2. The second-order valence-corrected chi connectivity index (χ2v) is 22.0. The van der Waals surface area contributed by atoms with E-state index < -0.39 is 0 Å². The molecule has 0 nitrogen and oxygen atoms in total. The average molecular weight is 802 g/mol. The molecule has 0 N–H and O–H groups in total. The van der Waals surface area contributed by atoms with Crippen LogP contribution in [0.4, 0.5) is 0 Å². The van der Waals surface area contributed by atoms with Gasteiger partial charge in [-0.3, -0.25) is 0 Å². The molecule has 0 heterocycles. The van der Waals surface area contributed by atoms with Crippen LogP contribution in [0.3, 0.4) is 0 Å². The molecule has 0 aromatic carbocycles. The fourth-order valence-corrected chi connectivity index (χ4v) is 5.53. The Balaban J connectivity index is -0.0000000784. The summed E-state index contributed by atoms with van der Waals surface area (Å²) < 4.78 is 0. The van der Waals surface area contributed by atoms with Crippen LogP contribution in [0.15, 0.2) is 0 Å². The third-order valence-corrected chi connectivity index (χ3v) is 9.95. The van der Waals surface area contributed by atoms with E-state index in [0.717, 1.165) is 47.3 Å². The Hall–Kier alpha value is 0. The van der Waals surface area contributed by atoms with Crippen LogP contribution in [-0.4, -0.2) is 0 Å². The van der Waals surface area contributed by atoms with E-state index in [4.69, 9.17) is 0 Å². The first-order chi connectivity index (χ1) is 25.6. The van der Waals surface area contributed by atoms with Crippen molar-refractivity contribution in [3.63, 3.8) is 0 Å². The van der Waals surface area contributed by atoms with Gasteiger partial charge in [-0.1, -0.05) is 290 Å². The molecule has 0 spiro atoms. The predicted molar refractivity (Wildman–Crippen MR) is 275 cm³/mol. The van der Waals surface area contributed by atoms with Crippen LogP contribution in [-0.2, 0) is 0 Å². The van der Waals surface area contributed by atoms with Gasteiger partial charge in [-0.15, -0.1) is 0 Å². The lowest BCUT2D eigenvalue weighted by molar-refractivity contribution is 0.373. The fourth-order valence-electron chi connectivity index (χ4n) is 5.53. The summed E-state index contributed by atoms with van der Waals surface area (Å²) >= 11 is 0. The third-order valence-electron chi connectivity index (χ3n) is 9.95. The van der Waals surface area contributed by atoms with E-state index in [1.54, 1.807) is 0 Å². The van der Waals surface area contributed by atoms with Crippen LogP contribution in [0.1, 0.15) is 309 Å². The molecule has 0 fully saturated rings. The molecule has 1 unspecified atom stereocenters. The van der Waals surface area contributed by atoms with Crippen molar-refractivity contribution in [2.45, 2.75) is 309 Å². The van der Waals surface area contributed by atoms with Crippen LogP contribution < -0.4 is 0 Å². The summed E-state index contributed by atoms with van der Waals surface area (Å²) in [6, 6.07) is 0. The molecule has 0 aromatic heterocycles. The minimum absolute atomic E-state index is 0.550. The topological polar surface area (TPSA) is 0 Å². The van der Waals surface area contributed by atoms with Crippen LogP contribution >= 0.6 is 0 Å². The molecular formula is C56H128. The smallest absolute Gasteiger partial charge is 0.0383 e. The van der Waals surface area contributed by atoms with E-state index in [-0.39, 0.29) is 0 Å². The maximum atomic E-state index is 2.31. The largest absolute Gasteiger partial charge is 0.0654 e. The first-order valence-corrected chi connectivity index (χ1v) is 25.6. The summed E-state index contributed by atoms with van der Waals surface area (Å²) in [5.74, 6) is 7.22. The van der Waals surface area contributed by atoms with Gasteiger partial charge in [-0.05, 0) is 77.4 Å². The van der Waals surface area contributed by atoms with Gasteiger partial charge in [-0.2, -0.15) is 0 Å². The minimum Gasteiger partial charge on any atom is -0.0654 e. The predicted octanol–water partition coefficient (Wildman–Crippen LogP) is 22.4. The standard InChI is InChI=1S/8C7H16/c1-6(2)5-7(3)4;2*1-5-6-7(2,3)4;1-5-7(4)6(2)3;2*1-4-5-6-7(2)3;2*1-4-6-7(3)5-2/h6-7H,5H2,1-4H3;2*5-6H2,1-4H3;6-7H,5H2,1-4H3;4*7H,4-6H2,1-3H3/t;;;7-;;;7-;/m...0..1./s1. The van der Waals surface area contributed by atoms with Crippen molar-refractivity contribution in [3.8, 4) is 0 Å². The van der Waals surface area contributed by atoms with Gasteiger partial charge in [0.2, 0.25) is 0 Å². The van der Waals surface area contributed by atoms with Crippen molar-refractivity contribution in [2.24, 2.45) is 58.2 Å². The monoisotopic (exact) mass is 801 g/mol. The molecule has 0 saturated heterocycles. The van der Waals surface area contributed by atoms with Crippen molar-refractivity contribution < 1.29 is 0 Å². The van der Waals surface area contributed by atoms with Crippen molar-refractivity contribution in [3.05, 3.63) is 0 Å². The van der Waals surface area contributed by atoms with Gasteiger partial charge in [0.05, 0.1) is 0 Å². The number of unbranched alkanes of at least 4 members (excludes halogenated alkanes) is 2. The molecular weight excluding hydrogens is 673 g/mol. The van der Waals surface area contributed by atoms with E-state index >= 15 is 0 Å². The second kappa shape index (κ2) is 55.0. The zero-order valence-corrected chi connectivity index (χ0v) is 46.3. The zero-order valence-electron chi connectivity index (χ0n) is 46.3.